The van der Waals surface area contributed by atoms with Crippen molar-refractivity contribution in [3.63, 3.8) is 0 Å². The van der Waals surface area contributed by atoms with Gasteiger partial charge in [-0.2, -0.15) is 0 Å². The molecule has 1 unspecified atom stereocenters. The first-order valence-corrected chi connectivity index (χ1v) is 8.04. The van der Waals surface area contributed by atoms with Crippen molar-refractivity contribution in [2.24, 2.45) is 5.41 Å². The summed E-state index contributed by atoms with van der Waals surface area (Å²) in [6.07, 6.45) is 6.65. The van der Waals surface area contributed by atoms with Crippen LogP contribution in [0, 0.1) is 5.41 Å². The van der Waals surface area contributed by atoms with Crippen molar-refractivity contribution in [3.8, 4) is 0 Å². The molecule has 1 saturated carbocycles. The van der Waals surface area contributed by atoms with Crippen molar-refractivity contribution in [1.29, 1.82) is 0 Å². The fourth-order valence-electron chi connectivity index (χ4n) is 4.06. The van der Waals surface area contributed by atoms with Gasteiger partial charge >= 0.3 is 0 Å². The van der Waals surface area contributed by atoms with Gasteiger partial charge < -0.3 is 10.4 Å². The predicted octanol–water partition coefficient (Wildman–Crippen LogP) is 3.59. The van der Waals surface area contributed by atoms with Crippen LogP contribution >= 0.6 is 0 Å². The molecule has 0 aliphatic heterocycles. The fraction of sp³-hybridized carbons (Fsp3) is 0.667. The quantitative estimate of drug-likeness (QED) is 0.882. The summed E-state index contributed by atoms with van der Waals surface area (Å²) in [5.74, 6) is 0. The van der Waals surface area contributed by atoms with Crippen molar-refractivity contribution in [2.45, 2.75) is 64.0 Å². The van der Waals surface area contributed by atoms with E-state index in [1.165, 1.54) is 30.4 Å². The number of hydrogen-bond donors (Lipinski definition) is 2. The summed E-state index contributed by atoms with van der Waals surface area (Å²) >= 11 is 0. The van der Waals surface area contributed by atoms with E-state index in [0.29, 0.717) is 6.04 Å². The number of rotatable bonds is 3. The van der Waals surface area contributed by atoms with E-state index in [-0.39, 0.29) is 5.41 Å². The molecular weight excluding hydrogens is 246 g/mol. The third kappa shape index (κ3) is 2.64. The van der Waals surface area contributed by atoms with Crippen LogP contribution in [0.4, 0.5) is 0 Å². The van der Waals surface area contributed by atoms with Crippen molar-refractivity contribution in [3.05, 3.63) is 35.4 Å². The highest BCUT2D eigenvalue weighted by Gasteiger charge is 2.40. The van der Waals surface area contributed by atoms with Gasteiger partial charge in [-0.25, -0.2) is 0 Å². The maximum atomic E-state index is 10.7. The van der Waals surface area contributed by atoms with Crippen LogP contribution in [0.2, 0.25) is 0 Å². The van der Waals surface area contributed by atoms with Crippen molar-refractivity contribution >= 4 is 0 Å². The Bertz CT molecular complexity index is 474. The molecule has 0 saturated heterocycles. The van der Waals surface area contributed by atoms with Gasteiger partial charge in [0.25, 0.3) is 0 Å². The molecule has 2 aliphatic carbocycles. The third-order valence-electron chi connectivity index (χ3n) is 5.21. The molecule has 0 aromatic heterocycles. The molecule has 1 aromatic carbocycles. The monoisotopic (exact) mass is 273 g/mol. The van der Waals surface area contributed by atoms with Gasteiger partial charge in [-0.3, -0.25) is 0 Å². The first-order chi connectivity index (χ1) is 9.50. The molecule has 2 aliphatic rings. The van der Waals surface area contributed by atoms with Gasteiger partial charge in [0.05, 0.1) is 5.60 Å². The zero-order valence-corrected chi connectivity index (χ0v) is 12.8. The van der Waals surface area contributed by atoms with Crippen LogP contribution in [0.25, 0.3) is 0 Å². The lowest BCUT2D eigenvalue weighted by Gasteiger charge is -2.36. The highest BCUT2D eigenvalue weighted by atomic mass is 16.3. The number of nitrogens with one attached hydrogen (secondary N) is 1. The average molecular weight is 273 g/mol. The Morgan fingerprint density at radius 2 is 1.85 bits per heavy atom. The lowest BCUT2D eigenvalue weighted by molar-refractivity contribution is -0.000561. The molecule has 3 rings (SSSR count). The standard InChI is InChI=1S/C18H27NO/c1-17(2)12-14-8-4-5-9-15(14)16(17)19-13-18(20)10-6-3-7-11-18/h4-5,8-9,16,19-20H,3,6-7,10-13H2,1-2H3. The predicted molar refractivity (Wildman–Crippen MR) is 82.7 cm³/mol. The van der Waals surface area contributed by atoms with Gasteiger partial charge in [-0.15, -0.1) is 0 Å². The van der Waals surface area contributed by atoms with Gasteiger partial charge in [0.2, 0.25) is 0 Å². The van der Waals surface area contributed by atoms with E-state index >= 15 is 0 Å². The maximum absolute atomic E-state index is 10.7. The zero-order chi connectivity index (χ0) is 14.2. The Kier molecular flexibility index (Phi) is 3.64. The Labute approximate surface area is 122 Å². The molecule has 0 radical (unpaired) electrons. The summed E-state index contributed by atoms with van der Waals surface area (Å²) in [6.45, 7) is 5.39. The molecule has 2 N–H and O–H groups in total. The Morgan fingerprint density at radius 1 is 1.15 bits per heavy atom. The van der Waals surface area contributed by atoms with Gasteiger partial charge in [0.15, 0.2) is 0 Å². The molecule has 0 amide bonds. The summed E-state index contributed by atoms with van der Waals surface area (Å²) in [7, 11) is 0. The van der Waals surface area contributed by atoms with E-state index in [1.54, 1.807) is 0 Å². The second-order valence-electron chi connectivity index (χ2n) is 7.46. The average Bonchev–Trinajstić information content (AvgIpc) is 2.67. The van der Waals surface area contributed by atoms with E-state index in [1.807, 2.05) is 0 Å². The van der Waals surface area contributed by atoms with E-state index in [2.05, 4.69) is 43.4 Å². The molecule has 110 valence electrons. The molecule has 0 bridgehead atoms. The third-order valence-corrected chi connectivity index (χ3v) is 5.21. The summed E-state index contributed by atoms with van der Waals surface area (Å²) in [6, 6.07) is 9.11. The van der Waals surface area contributed by atoms with Crippen molar-refractivity contribution in [2.75, 3.05) is 6.54 Å². The van der Waals surface area contributed by atoms with Crippen molar-refractivity contribution in [1.82, 2.24) is 5.32 Å². The van der Waals surface area contributed by atoms with Gasteiger partial charge in [0.1, 0.15) is 0 Å². The van der Waals surface area contributed by atoms with Crippen molar-refractivity contribution < 1.29 is 5.11 Å². The molecule has 2 nitrogen and oxygen atoms in total. The first kappa shape index (κ1) is 14.1. The Morgan fingerprint density at radius 3 is 2.60 bits per heavy atom. The lowest BCUT2D eigenvalue weighted by Crippen LogP contribution is -2.45. The number of fused-ring (bicyclic) bond motifs is 1. The van der Waals surface area contributed by atoms with Gasteiger partial charge in [-0.1, -0.05) is 57.4 Å². The van der Waals surface area contributed by atoms with Crippen LogP contribution in [-0.2, 0) is 6.42 Å². The van der Waals surface area contributed by atoms with Crippen LogP contribution in [0.1, 0.15) is 63.1 Å². The highest BCUT2D eigenvalue weighted by Crippen LogP contribution is 2.45. The minimum absolute atomic E-state index is 0.231. The molecule has 2 heteroatoms. The second kappa shape index (κ2) is 5.16. The molecule has 0 spiro atoms. The fourth-order valence-corrected chi connectivity index (χ4v) is 4.06. The molecule has 1 aromatic rings. The van der Waals surface area contributed by atoms with Crippen LogP contribution in [0.5, 0.6) is 0 Å². The molecular formula is C18H27NO. The van der Waals surface area contributed by atoms with E-state index in [0.717, 1.165) is 25.8 Å². The second-order valence-corrected chi connectivity index (χ2v) is 7.46. The summed E-state index contributed by atoms with van der Waals surface area (Å²) in [5, 5.41) is 14.4. The van der Waals surface area contributed by atoms with Gasteiger partial charge in [0, 0.05) is 12.6 Å². The van der Waals surface area contributed by atoms with E-state index in [4.69, 9.17) is 0 Å². The summed E-state index contributed by atoms with van der Waals surface area (Å²) in [5.41, 5.74) is 2.64. The number of hydrogen-bond acceptors (Lipinski definition) is 2. The lowest BCUT2D eigenvalue weighted by atomic mass is 9.82. The van der Waals surface area contributed by atoms with Crippen LogP contribution < -0.4 is 5.32 Å². The highest BCUT2D eigenvalue weighted by molar-refractivity contribution is 5.37. The SMILES string of the molecule is CC1(C)Cc2ccccc2C1NCC1(O)CCCCC1. The minimum Gasteiger partial charge on any atom is -0.389 e. The normalized spacial score (nSPS) is 27.2. The maximum Gasteiger partial charge on any atom is 0.0771 e. The minimum atomic E-state index is -0.480. The summed E-state index contributed by atoms with van der Waals surface area (Å²) in [4.78, 5) is 0. The van der Waals surface area contributed by atoms with Gasteiger partial charge in [-0.05, 0) is 35.8 Å². The Hall–Kier alpha value is -0.860. The zero-order valence-electron chi connectivity index (χ0n) is 12.8. The smallest absolute Gasteiger partial charge is 0.0771 e. The molecule has 20 heavy (non-hydrogen) atoms. The Balaban J connectivity index is 1.73. The first-order valence-electron chi connectivity index (χ1n) is 8.04. The number of benzene rings is 1. The topological polar surface area (TPSA) is 32.3 Å². The van der Waals surface area contributed by atoms with E-state index in [9.17, 15) is 5.11 Å². The van der Waals surface area contributed by atoms with E-state index < -0.39 is 5.60 Å². The molecule has 0 heterocycles. The summed E-state index contributed by atoms with van der Waals surface area (Å²) < 4.78 is 0. The van der Waals surface area contributed by atoms with Crippen LogP contribution in [0.3, 0.4) is 0 Å². The van der Waals surface area contributed by atoms with Crippen LogP contribution in [0.15, 0.2) is 24.3 Å². The largest absolute Gasteiger partial charge is 0.389 e. The molecule has 1 fully saturated rings. The number of aliphatic hydroxyl groups is 1. The van der Waals surface area contributed by atoms with Crippen LogP contribution in [-0.4, -0.2) is 17.3 Å². The molecule has 1 atom stereocenters.